The summed E-state index contributed by atoms with van der Waals surface area (Å²) in [5, 5.41) is 4.32. The summed E-state index contributed by atoms with van der Waals surface area (Å²) in [7, 11) is 0. The number of benzene rings is 2. The minimum absolute atomic E-state index is 0.0466. The number of carbonyl (C=O) groups excluding carboxylic acids is 1. The van der Waals surface area contributed by atoms with Gasteiger partial charge < -0.3 is 14.6 Å². The van der Waals surface area contributed by atoms with E-state index in [1.54, 1.807) is 18.2 Å². The van der Waals surface area contributed by atoms with E-state index in [-0.39, 0.29) is 11.5 Å². The molecule has 0 unspecified atom stereocenters. The number of carbonyl (C=O) groups is 1. The molecule has 1 fully saturated rings. The second kappa shape index (κ2) is 9.32. The van der Waals surface area contributed by atoms with Gasteiger partial charge in [0.25, 0.3) is 5.91 Å². The van der Waals surface area contributed by atoms with Crippen molar-refractivity contribution in [2.45, 2.75) is 6.42 Å². The predicted octanol–water partition coefficient (Wildman–Crippen LogP) is 3.39. The fourth-order valence-electron chi connectivity index (χ4n) is 3.70. The van der Waals surface area contributed by atoms with E-state index in [1.807, 2.05) is 24.3 Å². The van der Waals surface area contributed by atoms with Crippen LogP contribution < -0.4 is 15.8 Å². The molecule has 0 aliphatic carbocycles. The van der Waals surface area contributed by atoms with Gasteiger partial charge in [-0.15, -0.1) is 0 Å². The fraction of sp³-hybridized carbons (Fsp3) is 0.304. The first-order valence-electron chi connectivity index (χ1n) is 10.1. The normalized spacial score (nSPS) is 14.8. The van der Waals surface area contributed by atoms with E-state index in [9.17, 15) is 9.59 Å². The third-order valence-corrected chi connectivity index (χ3v) is 5.64. The molecule has 0 spiro atoms. The summed E-state index contributed by atoms with van der Waals surface area (Å²) in [6.07, 6.45) is 0.825. The third-order valence-electron chi connectivity index (χ3n) is 5.39. The smallest absolute Gasteiger partial charge is 0.349 e. The zero-order valence-electron chi connectivity index (χ0n) is 16.6. The molecule has 1 saturated heterocycles. The summed E-state index contributed by atoms with van der Waals surface area (Å²) in [6, 6.07) is 16.7. The molecule has 1 N–H and O–H groups in total. The highest BCUT2D eigenvalue weighted by Gasteiger charge is 2.17. The van der Waals surface area contributed by atoms with Gasteiger partial charge in [0.2, 0.25) is 0 Å². The highest BCUT2D eigenvalue weighted by Crippen LogP contribution is 2.19. The molecule has 0 atom stereocenters. The van der Waals surface area contributed by atoms with E-state index in [0.29, 0.717) is 12.1 Å². The molecule has 3 aromatic rings. The predicted molar refractivity (Wildman–Crippen MR) is 120 cm³/mol. The Morgan fingerprint density at radius 2 is 1.77 bits per heavy atom. The number of nitrogens with one attached hydrogen (secondary N) is 1. The molecule has 6 nitrogen and oxygen atoms in total. The van der Waals surface area contributed by atoms with Crippen molar-refractivity contribution in [2.75, 3.05) is 44.2 Å². The third kappa shape index (κ3) is 4.83. The minimum Gasteiger partial charge on any atom is -0.422 e. The second-order valence-electron chi connectivity index (χ2n) is 7.40. The van der Waals surface area contributed by atoms with Crippen molar-refractivity contribution in [2.24, 2.45) is 0 Å². The molecule has 4 rings (SSSR count). The maximum Gasteiger partial charge on any atom is 0.349 e. The fourth-order valence-corrected chi connectivity index (χ4v) is 3.83. The molecule has 1 aromatic heterocycles. The van der Waals surface area contributed by atoms with Gasteiger partial charge in [0.05, 0.1) is 0 Å². The van der Waals surface area contributed by atoms with Crippen LogP contribution >= 0.6 is 11.6 Å². The molecule has 0 bridgehead atoms. The zero-order valence-corrected chi connectivity index (χ0v) is 17.4. The van der Waals surface area contributed by atoms with Gasteiger partial charge in [0.15, 0.2) is 0 Å². The molecule has 0 radical (unpaired) electrons. The Morgan fingerprint density at radius 1 is 1.03 bits per heavy atom. The Labute approximate surface area is 180 Å². The first-order chi connectivity index (χ1) is 14.6. The van der Waals surface area contributed by atoms with Crippen LogP contribution in [0, 0.1) is 0 Å². The first-order valence-corrected chi connectivity index (χ1v) is 10.5. The topological polar surface area (TPSA) is 65.8 Å². The number of anilines is 1. The average molecular weight is 426 g/mol. The van der Waals surface area contributed by atoms with Crippen LogP contribution in [0.2, 0.25) is 5.02 Å². The van der Waals surface area contributed by atoms with Crippen LogP contribution in [0.25, 0.3) is 11.0 Å². The molecule has 30 heavy (non-hydrogen) atoms. The van der Waals surface area contributed by atoms with Crippen LogP contribution in [0.15, 0.2) is 63.8 Å². The summed E-state index contributed by atoms with van der Waals surface area (Å²) in [5.74, 6) is -0.387. The van der Waals surface area contributed by atoms with E-state index >= 15 is 0 Å². The number of nitrogens with zero attached hydrogens (tertiary/aromatic N) is 2. The van der Waals surface area contributed by atoms with Gasteiger partial charge in [-0.25, -0.2) is 4.79 Å². The van der Waals surface area contributed by atoms with E-state index < -0.39 is 5.63 Å². The van der Waals surface area contributed by atoms with Gasteiger partial charge in [0.1, 0.15) is 11.1 Å². The molecule has 7 heteroatoms. The van der Waals surface area contributed by atoms with E-state index in [1.165, 1.54) is 5.69 Å². The van der Waals surface area contributed by atoms with Gasteiger partial charge in [-0.3, -0.25) is 9.69 Å². The van der Waals surface area contributed by atoms with Crippen molar-refractivity contribution in [1.82, 2.24) is 10.2 Å². The lowest BCUT2D eigenvalue weighted by molar-refractivity contribution is 0.0948. The number of hydrogen-bond donors (Lipinski definition) is 1. The maximum absolute atomic E-state index is 12.4. The molecule has 1 aliphatic rings. The van der Waals surface area contributed by atoms with Gasteiger partial charge in [-0.05, 0) is 49.4 Å². The molecule has 2 heterocycles. The highest BCUT2D eigenvalue weighted by atomic mass is 35.5. The Kier molecular flexibility index (Phi) is 6.35. The largest absolute Gasteiger partial charge is 0.422 e. The Morgan fingerprint density at radius 3 is 2.53 bits per heavy atom. The lowest BCUT2D eigenvalue weighted by Crippen LogP contribution is -2.47. The van der Waals surface area contributed by atoms with Gasteiger partial charge in [-0.2, -0.15) is 0 Å². The number of para-hydroxylation sites is 1. The molecular formula is C23H24ClN3O3. The summed E-state index contributed by atoms with van der Waals surface area (Å²) in [4.78, 5) is 29.2. The molecule has 2 aromatic carbocycles. The van der Waals surface area contributed by atoms with E-state index in [2.05, 4.69) is 27.2 Å². The van der Waals surface area contributed by atoms with E-state index in [4.69, 9.17) is 16.0 Å². The quantitative estimate of drug-likeness (QED) is 0.484. The Bertz CT molecular complexity index is 1070. The standard InChI is InChI=1S/C23H24ClN3O3/c24-18-6-8-19(9-7-18)27-14-12-26(13-15-27)11-3-10-25-22(28)20-16-17-4-1-2-5-21(17)30-23(20)29/h1-2,4-9,16H,3,10-15H2,(H,25,28). The van der Waals surface area contributed by atoms with Gasteiger partial charge >= 0.3 is 5.63 Å². The molecule has 0 saturated carbocycles. The molecular weight excluding hydrogens is 402 g/mol. The summed E-state index contributed by atoms with van der Waals surface area (Å²) < 4.78 is 5.23. The van der Waals surface area contributed by atoms with Crippen molar-refractivity contribution in [3.63, 3.8) is 0 Å². The monoisotopic (exact) mass is 425 g/mol. The lowest BCUT2D eigenvalue weighted by atomic mass is 10.2. The summed E-state index contributed by atoms with van der Waals surface area (Å²) in [6.45, 7) is 5.30. The zero-order chi connectivity index (χ0) is 20.9. The molecule has 1 amide bonds. The maximum atomic E-state index is 12.4. The number of rotatable bonds is 6. The van der Waals surface area contributed by atoms with Crippen molar-refractivity contribution >= 4 is 34.2 Å². The number of halogens is 1. The van der Waals surface area contributed by atoms with Crippen molar-refractivity contribution in [1.29, 1.82) is 0 Å². The number of hydrogen-bond acceptors (Lipinski definition) is 5. The summed E-state index contributed by atoms with van der Waals surface area (Å²) in [5.41, 5.74) is 1.12. The van der Waals surface area contributed by atoms with Crippen molar-refractivity contribution < 1.29 is 9.21 Å². The molecule has 1 aliphatic heterocycles. The van der Waals surface area contributed by atoms with Crippen LogP contribution in [0.3, 0.4) is 0 Å². The van der Waals surface area contributed by atoms with Crippen molar-refractivity contribution in [3.05, 3.63) is 75.6 Å². The number of amides is 1. The first kappa shape index (κ1) is 20.4. The Hall–Kier alpha value is -2.83. The van der Waals surface area contributed by atoms with Crippen LogP contribution in [-0.2, 0) is 0 Å². The van der Waals surface area contributed by atoms with Crippen LogP contribution in [0.5, 0.6) is 0 Å². The summed E-state index contributed by atoms with van der Waals surface area (Å²) >= 11 is 5.96. The number of fused-ring (bicyclic) bond motifs is 1. The van der Waals surface area contributed by atoms with Gasteiger partial charge in [0, 0.05) is 48.8 Å². The van der Waals surface area contributed by atoms with Crippen molar-refractivity contribution in [3.8, 4) is 0 Å². The van der Waals surface area contributed by atoms with Crippen LogP contribution in [0.4, 0.5) is 5.69 Å². The lowest BCUT2D eigenvalue weighted by Gasteiger charge is -2.36. The molecule has 156 valence electrons. The van der Waals surface area contributed by atoms with Crippen LogP contribution in [0.1, 0.15) is 16.8 Å². The Balaban J connectivity index is 1.22. The van der Waals surface area contributed by atoms with Gasteiger partial charge in [-0.1, -0.05) is 29.8 Å². The average Bonchev–Trinajstić information content (AvgIpc) is 2.77. The number of piperazine rings is 1. The second-order valence-corrected chi connectivity index (χ2v) is 7.84. The SMILES string of the molecule is O=C(NCCCN1CCN(c2ccc(Cl)cc2)CC1)c1cc2ccccc2oc1=O. The minimum atomic E-state index is -0.607. The van der Waals surface area contributed by atoms with Crippen LogP contribution in [-0.4, -0.2) is 50.1 Å². The highest BCUT2D eigenvalue weighted by molar-refractivity contribution is 6.30. The van der Waals surface area contributed by atoms with E-state index in [0.717, 1.165) is 49.6 Å².